The lowest BCUT2D eigenvalue weighted by Gasteiger charge is -2.31. The molecular formula is C29H27N5O2. The fraction of sp³-hybridized carbons (Fsp3) is 0.207. The highest BCUT2D eigenvalue weighted by Gasteiger charge is 2.17. The Morgan fingerprint density at radius 1 is 0.889 bits per heavy atom. The van der Waals surface area contributed by atoms with Crippen LogP contribution in [0.2, 0.25) is 0 Å². The minimum Gasteiger partial charge on any atom is -0.472 e. The summed E-state index contributed by atoms with van der Waals surface area (Å²) in [5, 5.41) is 1.88. The van der Waals surface area contributed by atoms with Crippen molar-refractivity contribution in [1.82, 2.24) is 24.8 Å². The van der Waals surface area contributed by atoms with Crippen LogP contribution in [0.15, 0.2) is 83.8 Å². The molecule has 0 saturated carbocycles. The minimum absolute atomic E-state index is 0.271. The van der Waals surface area contributed by atoms with Crippen molar-refractivity contribution in [3.05, 3.63) is 89.3 Å². The molecule has 0 bridgehead atoms. The maximum atomic E-state index is 12.9. The molecule has 2 aromatic carbocycles. The second-order valence-corrected chi connectivity index (χ2v) is 9.26. The van der Waals surface area contributed by atoms with Crippen LogP contribution < -0.4 is 10.3 Å². The molecule has 1 saturated heterocycles. The van der Waals surface area contributed by atoms with Gasteiger partial charge in [0.15, 0.2) is 5.75 Å². The molecule has 7 nitrogen and oxygen atoms in total. The lowest BCUT2D eigenvalue weighted by Crippen LogP contribution is -2.45. The number of pyridine rings is 3. The summed E-state index contributed by atoms with van der Waals surface area (Å²) in [6, 6.07) is 24.2. The highest BCUT2D eigenvalue weighted by molar-refractivity contribution is 5.93. The van der Waals surface area contributed by atoms with Gasteiger partial charge in [-0.25, -0.2) is 4.98 Å². The zero-order chi connectivity index (χ0) is 24.5. The summed E-state index contributed by atoms with van der Waals surface area (Å²) >= 11 is 0. The number of nitrogens with one attached hydrogen (secondary N) is 1. The van der Waals surface area contributed by atoms with Gasteiger partial charge in [-0.2, -0.15) is 0 Å². The van der Waals surface area contributed by atoms with Crippen LogP contribution in [0.1, 0.15) is 0 Å². The van der Waals surface area contributed by atoms with Crippen molar-refractivity contribution in [3.63, 3.8) is 0 Å². The monoisotopic (exact) mass is 477 g/mol. The van der Waals surface area contributed by atoms with Gasteiger partial charge in [0.25, 0.3) is 5.56 Å². The number of hydrogen-bond acceptors (Lipinski definition) is 6. The molecule has 1 aliphatic heterocycles. The molecule has 36 heavy (non-hydrogen) atoms. The first-order valence-electron chi connectivity index (χ1n) is 12.2. The number of H-pyrrole nitrogens is 1. The minimum atomic E-state index is -0.271. The molecule has 7 heteroatoms. The number of hydrogen-bond donors (Lipinski definition) is 1. The number of aromatic amines is 1. The van der Waals surface area contributed by atoms with Gasteiger partial charge in [-0.1, -0.05) is 42.5 Å². The molecule has 1 N–H and O–H groups in total. The Morgan fingerprint density at radius 2 is 1.72 bits per heavy atom. The summed E-state index contributed by atoms with van der Waals surface area (Å²) in [6.45, 7) is 4.22. The van der Waals surface area contributed by atoms with E-state index in [1.807, 2.05) is 42.5 Å². The summed E-state index contributed by atoms with van der Waals surface area (Å²) in [6.07, 6.45) is 1.80. The lowest BCUT2D eigenvalue weighted by molar-refractivity contribution is 0.0755. The van der Waals surface area contributed by atoms with Crippen molar-refractivity contribution < 1.29 is 4.74 Å². The molecule has 5 aromatic rings. The maximum Gasteiger partial charge on any atom is 0.291 e. The third-order valence-corrected chi connectivity index (χ3v) is 6.75. The Bertz CT molecular complexity index is 1590. The van der Waals surface area contributed by atoms with Crippen LogP contribution in [0.5, 0.6) is 5.75 Å². The predicted octanol–water partition coefficient (Wildman–Crippen LogP) is 4.39. The summed E-state index contributed by atoms with van der Waals surface area (Å²) < 4.78 is 5.97. The van der Waals surface area contributed by atoms with E-state index < -0.39 is 0 Å². The number of rotatable bonds is 5. The average molecular weight is 478 g/mol. The van der Waals surface area contributed by atoms with Crippen LogP contribution in [0.25, 0.3) is 44.3 Å². The molecule has 0 unspecified atom stereocenters. The zero-order valence-electron chi connectivity index (χ0n) is 20.1. The second-order valence-electron chi connectivity index (χ2n) is 9.26. The number of fused-ring (bicyclic) bond motifs is 2. The lowest BCUT2D eigenvalue weighted by atomic mass is 9.97. The molecule has 180 valence electrons. The van der Waals surface area contributed by atoms with Gasteiger partial charge in [0.1, 0.15) is 12.4 Å². The van der Waals surface area contributed by atoms with Gasteiger partial charge < -0.3 is 14.6 Å². The Balaban J connectivity index is 1.43. The van der Waals surface area contributed by atoms with Crippen LogP contribution in [-0.2, 0) is 0 Å². The van der Waals surface area contributed by atoms with Crippen LogP contribution in [0, 0.1) is 0 Å². The van der Waals surface area contributed by atoms with Crippen molar-refractivity contribution in [1.29, 1.82) is 0 Å². The fourth-order valence-electron chi connectivity index (χ4n) is 4.64. The Morgan fingerprint density at radius 3 is 2.56 bits per heavy atom. The number of nitrogens with zero attached hydrogens (tertiary/aromatic N) is 4. The largest absolute Gasteiger partial charge is 0.472 e. The Hall–Kier alpha value is -4.07. The SMILES string of the molecule is CN1CCN(COc2cc3cc(-c4ccc5ncccc5c4)c(-c4ccccc4)nc3[nH]c2=O)CC1. The normalized spacial score (nSPS) is 14.9. The number of piperazine rings is 1. The first kappa shape index (κ1) is 22.4. The predicted molar refractivity (Wildman–Crippen MR) is 143 cm³/mol. The molecule has 3 aromatic heterocycles. The van der Waals surface area contributed by atoms with Gasteiger partial charge in [-0.15, -0.1) is 0 Å². The van der Waals surface area contributed by atoms with Crippen LogP contribution >= 0.6 is 0 Å². The Kier molecular flexibility index (Phi) is 5.93. The second kappa shape index (κ2) is 9.53. The van der Waals surface area contributed by atoms with Gasteiger partial charge in [-0.3, -0.25) is 14.7 Å². The van der Waals surface area contributed by atoms with Gasteiger partial charge >= 0.3 is 0 Å². The van der Waals surface area contributed by atoms with Crippen molar-refractivity contribution in [2.24, 2.45) is 0 Å². The first-order chi connectivity index (χ1) is 17.6. The van der Waals surface area contributed by atoms with E-state index in [1.54, 1.807) is 12.3 Å². The van der Waals surface area contributed by atoms with Gasteiger partial charge in [0.05, 0.1) is 11.2 Å². The molecular weight excluding hydrogens is 450 g/mol. The summed E-state index contributed by atoms with van der Waals surface area (Å²) in [4.78, 5) is 29.7. The number of likely N-dealkylation sites (N-methyl/N-ethyl adjacent to an activating group) is 1. The fourth-order valence-corrected chi connectivity index (χ4v) is 4.64. The van der Waals surface area contributed by atoms with E-state index in [1.165, 1.54) is 0 Å². The van der Waals surface area contributed by atoms with Crippen molar-refractivity contribution in [2.75, 3.05) is 40.0 Å². The van der Waals surface area contributed by atoms with Gasteiger partial charge in [0, 0.05) is 54.3 Å². The topological polar surface area (TPSA) is 74.3 Å². The van der Waals surface area contributed by atoms with E-state index in [0.717, 1.165) is 64.9 Å². The average Bonchev–Trinajstić information content (AvgIpc) is 2.92. The molecule has 0 atom stereocenters. The first-order valence-corrected chi connectivity index (χ1v) is 12.2. The van der Waals surface area contributed by atoms with Crippen LogP contribution in [0.3, 0.4) is 0 Å². The highest BCUT2D eigenvalue weighted by Crippen LogP contribution is 2.34. The van der Waals surface area contributed by atoms with Crippen molar-refractivity contribution in [3.8, 4) is 28.1 Å². The maximum absolute atomic E-state index is 12.9. The van der Waals surface area contributed by atoms with E-state index >= 15 is 0 Å². The molecule has 0 aliphatic carbocycles. The standard InChI is InChI=1S/C29H27N5O2/c1-33-12-14-34(15-13-33)19-36-26-18-23-17-24(21-9-10-25-22(16-21)8-5-11-30-25)27(20-6-3-2-4-7-20)31-28(23)32-29(26)35/h2-11,16-18H,12-15,19H2,1H3,(H,31,32,35). The highest BCUT2D eigenvalue weighted by atomic mass is 16.5. The number of ether oxygens (including phenoxy) is 1. The summed E-state index contributed by atoms with van der Waals surface area (Å²) in [7, 11) is 2.12. The smallest absolute Gasteiger partial charge is 0.291 e. The van der Waals surface area contributed by atoms with E-state index in [9.17, 15) is 4.79 Å². The molecule has 1 fully saturated rings. The molecule has 0 radical (unpaired) electrons. The molecule has 4 heterocycles. The van der Waals surface area contributed by atoms with Crippen LogP contribution in [-0.4, -0.2) is 64.7 Å². The van der Waals surface area contributed by atoms with E-state index in [-0.39, 0.29) is 5.56 Å². The number of benzene rings is 2. The van der Waals surface area contributed by atoms with E-state index in [2.05, 4.69) is 51.1 Å². The van der Waals surface area contributed by atoms with Crippen molar-refractivity contribution >= 4 is 21.9 Å². The van der Waals surface area contributed by atoms with Crippen molar-refractivity contribution in [2.45, 2.75) is 0 Å². The van der Waals surface area contributed by atoms with E-state index in [0.29, 0.717) is 18.1 Å². The zero-order valence-corrected chi connectivity index (χ0v) is 20.1. The van der Waals surface area contributed by atoms with Gasteiger partial charge in [-0.05, 0) is 42.9 Å². The molecule has 0 amide bonds. The molecule has 0 spiro atoms. The molecule has 1 aliphatic rings. The summed E-state index contributed by atoms with van der Waals surface area (Å²) in [5.74, 6) is 0.310. The van der Waals surface area contributed by atoms with Gasteiger partial charge in [0.2, 0.25) is 0 Å². The van der Waals surface area contributed by atoms with E-state index in [4.69, 9.17) is 9.72 Å². The number of aromatic nitrogens is 3. The third kappa shape index (κ3) is 4.46. The van der Waals surface area contributed by atoms with Crippen LogP contribution in [0.4, 0.5) is 0 Å². The Labute approximate surface area is 209 Å². The quantitative estimate of drug-likeness (QED) is 0.405. The molecule has 6 rings (SSSR count). The third-order valence-electron chi connectivity index (χ3n) is 6.75. The summed E-state index contributed by atoms with van der Waals surface area (Å²) in [5.41, 5.74) is 5.03.